The van der Waals surface area contributed by atoms with Crippen LogP contribution in [-0.4, -0.2) is 51.9 Å². The molecule has 1 aliphatic rings. The maximum Gasteiger partial charge on any atom is 0.418 e. The second kappa shape index (κ2) is 8.24. The number of rotatable bonds is 5. The fraction of sp³-hybridized carbons (Fsp3) is 0.632. The van der Waals surface area contributed by atoms with Crippen LogP contribution in [0.5, 0.6) is 0 Å². The highest BCUT2D eigenvalue weighted by Gasteiger charge is 2.40. The van der Waals surface area contributed by atoms with Crippen LogP contribution in [0.2, 0.25) is 23.2 Å². The average Bonchev–Trinajstić information content (AvgIpc) is 2.58. The fourth-order valence-corrected chi connectivity index (χ4v) is 4.12. The Hall–Kier alpha value is -1.25. The van der Waals surface area contributed by atoms with Crippen LogP contribution in [0, 0.1) is 0 Å². The summed E-state index contributed by atoms with van der Waals surface area (Å²) >= 11 is 5.79. The van der Waals surface area contributed by atoms with Gasteiger partial charge in [-0.05, 0) is 36.3 Å². The molecular formula is C19H28ClF3N2O2Si. The molecule has 1 amide bonds. The first-order chi connectivity index (χ1) is 12.8. The van der Waals surface area contributed by atoms with Crippen molar-refractivity contribution in [1.29, 1.82) is 0 Å². The van der Waals surface area contributed by atoms with Crippen LogP contribution in [0.3, 0.4) is 0 Å². The van der Waals surface area contributed by atoms with E-state index < -0.39 is 20.1 Å². The van der Waals surface area contributed by atoms with Crippen LogP contribution in [0.1, 0.15) is 26.3 Å². The van der Waals surface area contributed by atoms with E-state index in [1.165, 1.54) is 12.1 Å². The minimum atomic E-state index is -4.50. The van der Waals surface area contributed by atoms with E-state index in [0.717, 1.165) is 12.5 Å². The number of hydrogen-bond donors (Lipinski definition) is 0. The zero-order valence-corrected chi connectivity index (χ0v) is 18.7. The standard InChI is InChI=1S/C19H28ClF3N2O2Si/c1-18(2,3)28(4,5)27-12-15-11-24(8-9-25(15)13-26)17-7-6-14(20)10-16(17)19(21,22)23/h6-7,10,13,15H,8-9,11-12H2,1-5H3. The van der Waals surface area contributed by atoms with Crippen LogP contribution in [0.25, 0.3) is 0 Å². The third kappa shape index (κ3) is 5.21. The quantitative estimate of drug-likeness (QED) is 0.479. The van der Waals surface area contributed by atoms with E-state index in [-0.39, 0.29) is 28.3 Å². The van der Waals surface area contributed by atoms with Crippen molar-refractivity contribution in [3.05, 3.63) is 28.8 Å². The second-order valence-electron chi connectivity index (χ2n) is 8.67. The van der Waals surface area contributed by atoms with E-state index in [9.17, 15) is 18.0 Å². The van der Waals surface area contributed by atoms with Crippen molar-refractivity contribution in [2.75, 3.05) is 31.1 Å². The van der Waals surface area contributed by atoms with Crippen LogP contribution in [0.4, 0.5) is 18.9 Å². The molecule has 0 bridgehead atoms. The van der Waals surface area contributed by atoms with Gasteiger partial charge in [0.25, 0.3) is 0 Å². The highest BCUT2D eigenvalue weighted by molar-refractivity contribution is 6.74. The van der Waals surface area contributed by atoms with Crippen LogP contribution < -0.4 is 4.90 Å². The molecule has 1 unspecified atom stereocenters. The predicted molar refractivity (Wildman–Crippen MR) is 108 cm³/mol. The maximum absolute atomic E-state index is 13.5. The largest absolute Gasteiger partial charge is 0.418 e. The first-order valence-corrected chi connectivity index (χ1v) is 12.5. The Morgan fingerprint density at radius 1 is 1.25 bits per heavy atom. The Kier molecular flexibility index (Phi) is 6.78. The Morgan fingerprint density at radius 2 is 1.89 bits per heavy atom. The van der Waals surface area contributed by atoms with Crippen LogP contribution in [0.15, 0.2) is 18.2 Å². The molecule has 1 heterocycles. The Balaban J connectivity index is 2.23. The van der Waals surface area contributed by atoms with E-state index in [4.69, 9.17) is 16.0 Å². The molecule has 158 valence electrons. The molecule has 1 aromatic rings. The maximum atomic E-state index is 13.5. The van der Waals surface area contributed by atoms with Gasteiger partial charge in [0.05, 0.1) is 18.2 Å². The topological polar surface area (TPSA) is 32.8 Å². The summed E-state index contributed by atoms with van der Waals surface area (Å²) in [7, 11) is -2.04. The van der Waals surface area contributed by atoms with E-state index in [1.807, 2.05) is 0 Å². The van der Waals surface area contributed by atoms with E-state index >= 15 is 0 Å². The van der Waals surface area contributed by atoms with Crippen molar-refractivity contribution in [2.24, 2.45) is 0 Å². The van der Waals surface area contributed by atoms with Gasteiger partial charge in [-0.1, -0.05) is 32.4 Å². The molecule has 1 aromatic carbocycles. The third-order valence-electron chi connectivity index (χ3n) is 5.71. The van der Waals surface area contributed by atoms with Gasteiger partial charge in [-0.15, -0.1) is 0 Å². The molecule has 0 aromatic heterocycles. The summed E-state index contributed by atoms with van der Waals surface area (Å²) in [6.45, 7) is 11.8. The molecule has 1 saturated heterocycles. The zero-order valence-electron chi connectivity index (χ0n) is 16.9. The molecule has 4 nitrogen and oxygen atoms in total. The van der Waals surface area contributed by atoms with Gasteiger partial charge >= 0.3 is 6.18 Å². The number of halogens is 4. The number of alkyl halides is 3. The van der Waals surface area contributed by atoms with E-state index in [2.05, 4.69) is 33.9 Å². The van der Waals surface area contributed by atoms with Crippen molar-refractivity contribution in [2.45, 2.75) is 51.1 Å². The first kappa shape index (κ1) is 23.0. The number of piperazine rings is 1. The Morgan fingerprint density at radius 3 is 2.43 bits per heavy atom. The minimum absolute atomic E-state index is 0.00694. The third-order valence-corrected chi connectivity index (χ3v) is 10.4. The highest BCUT2D eigenvalue weighted by Crippen LogP contribution is 2.39. The molecule has 0 radical (unpaired) electrons. The lowest BCUT2D eigenvalue weighted by molar-refractivity contribution is -0.137. The van der Waals surface area contributed by atoms with E-state index in [1.54, 1.807) is 9.80 Å². The van der Waals surface area contributed by atoms with Gasteiger partial charge in [0.1, 0.15) is 0 Å². The Labute approximate surface area is 170 Å². The van der Waals surface area contributed by atoms with Crippen molar-refractivity contribution in [1.82, 2.24) is 4.90 Å². The summed E-state index contributed by atoms with van der Waals surface area (Å²) < 4.78 is 46.7. The van der Waals surface area contributed by atoms with Crippen LogP contribution >= 0.6 is 11.6 Å². The lowest BCUT2D eigenvalue weighted by Crippen LogP contribution is -2.56. The molecule has 0 aliphatic carbocycles. The summed E-state index contributed by atoms with van der Waals surface area (Å²) in [6.07, 6.45) is -3.75. The van der Waals surface area contributed by atoms with Gasteiger partial charge in [0.15, 0.2) is 8.32 Å². The summed E-state index contributed by atoms with van der Waals surface area (Å²) in [4.78, 5) is 14.8. The van der Waals surface area contributed by atoms with Gasteiger partial charge in [0.2, 0.25) is 6.41 Å². The summed E-state index contributed by atoms with van der Waals surface area (Å²) in [5.74, 6) is 0. The predicted octanol–water partition coefficient (Wildman–Crippen LogP) is 5.03. The molecule has 9 heteroatoms. The number of carbonyl (C=O) groups excluding carboxylic acids is 1. The molecule has 1 fully saturated rings. The normalized spacial score (nSPS) is 19.1. The van der Waals surface area contributed by atoms with Gasteiger partial charge in [-0.3, -0.25) is 4.79 Å². The monoisotopic (exact) mass is 436 g/mol. The van der Waals surface area contributed by atoms with Gasteiger partial charge in [0, 0.05) is 30.3 Å². The second-order valence-corrected chi connectivity index (χ2v) is 13.9. The lowest BCUT2D eigenvalue weighted by Gasteiger charge is -2.43. The minimum Gasteiger partial charge on any atom is -0.415 e. The SMILES string of the molecule is CC(C)(C)[Si](C)(C)OCC1CN(c2ccc(Cl)cc2C(F)(F)F)CCN1C=O. The molecular weight excluding hydrogens is 409 g/mol. The molecule has 0 saturated carbocycles. The van der Waals surface area contributed by atoms with Gasteiger partial charge < -0.3 is 14.2 Å². The summed E-state index contributed by atoms with van der Waals surface area (Å²) in [5.41, 5.74) is -0.677. The van der Waals surface area contributed by atoms with Crippen molar-refractivity contribution in [3.63, 3.8) is 0 Å². The van der Waals surface area contributed by atoms with Crippen molar-refractivity contribution in [3.8, 4) is 0 Å². The molecule has 0 spiro atoms. The molecule has 0 N–H and O–H groups in total. The number of anilines is 1. The first-order valence-electron chi connectivity index (χ1n) is 9.23. The number of benzene rings is 1. The number of hydrogen-bond acceptors (Lipinski definition) is 3. The van der Waals surface area contributed by atoms with Crippen molar-refractivity contribution < 1.29 is 22.4 Å². The zero-order chi connectivity index (χ0) is 21.3. The molecule has 1 atom stereocenters. The molecule has 1 aliphatic heterocycles. The summed E-state index contributed by atoms with van der Waals surface area (Å²) in [5, 5.41) is 0.0490. The molecule has 28 heavy (non-hydrogen) atoms. The smallest absolute Gasteiger partial charge is 0.415 e. The summed E-state index contributed by atoms with van der Waals surface area (Å²) in [6, 6.07) is 3.49. The highest BCUT2D eigenvalue weighted by atomic mass is 35.5. The van der Waals surface area contributed by atoms with Crippen LogP contribution in [-0.2, 0) is 15.4 Å². The van der Waals surface area contributed by atoms with Crippen molar-refractivity contribution >= 4 is 32.0 Å². The number of nitrogens with zero attached hydrogens (tertiary/aromatic N) is 2. The Bertz CT molecular complexity index is 707. The lowest BCUT2D eigenvalue weighted by atomic mass is 10.1. The van der Waals surface area contributed by atoms with Gasteiger partial charge in [-0.2, -0.15) is 13.2 Å². The number of amides is 1. The van der Waals surface area contributed by atoms with Gasteiger partial charge in [-0.25, -0.2) is 0 Å². The fourth-order valence-electron chi connectivity index (χ4n) is 2.91. The average molecular weight is 437 g/mol. The molecule has 2 rings (SSSR count). The number of carbonyl (C=O) groups is 1. The van der Waals surface area contributed by atoms with E-state index in [0.29, 0.717) is 19.7 Å².